The molecule has 1 atom stereocenters. The minimum atomic E-state index is -0.251. The van der Waals surface area contributed by atoms with E-state index in [1.807, 2.05) is 37.3 Å². The van der Waals surface area contributed by atoms with Gasteiger partial charge in [-0.25, -0.2) is 0 Å². The zero-order valence-corrected chi connectivity index (χ0v) is 13.3. The molecule has 114 valence electrons. The van der Waals surface area contributed by atoms with Crippen LogP contribution in [0, 0.1) is 0 Å². The van der Waals surface area contributed by atoms with Crippen LogP contribution in [-0.2, 0) is 16.0 Å². The monoisotopic (exact) mass is 316 g/mol. The van der Waals surface area contributed by atoms with Crippen LogP contribution in [-0.4, -0.2) is 12.6 Å². The molecule has 0 spiro atoms. The molecule has 0 aromatic heterocycles. The van der Waals surface area contributed by atoms with E-state index in [0.29, 0.717) is 11.6 Å². The lowest BCUT2D eigenvalue weighted by Crippen LogP contribution is -2.09. The third-order valence-electron chi connectivity index (χ3n) is 3.82. The molecule has 0 saturated carbocycles. The predicted octanol–water partition coefficient (Wildman–Crippen LogP) is 4.70. The molecule has 1 heterocycles. The van der Waals surface area contributed by atoms with Gasteiger partial charge in [-0.3, -0.25) is 4.79 Å². The van der Waals surface area contributed by atoms with Gasteiger partial charge in [0.05, 0.1) is 6.61 Å². The van der Waals surface area contributed by atoms with Gasteiger partial charge in [-0.05, 0) is 34.9 Å². The molecule has 1 unspecified atom stereocenters. The van der Waals surface area contributed by atoms with Crippen LogP contribution in [0.3, 0.4) is 0 Å². The molecular weight excluding hydrogens is 300 g/mol. The van der Waals surface area contributed by atoms with Gasteiger partial charge in [0, 0.05) is 24.3 Å². The zero-order valence-electron chi connectivity index (χ0n) is 12.6. The van der Waals surface area contributed by atoms with Gasteiger partial charge in [-0.1, -0.05) is 36.7 Å². The maximum absolute atomic E-state index is 10.9. The number of hydrogen-bond donors (Lipinski definition) is 0. The Morgan fingerprint density at radius 3 is 2.82 bits per heavy atom. The molecule has 0 saturated heterocycles. The zero-order chi connectivity index (χ0) is 15.7. The number of halogens is 1. The molecule has 2 aromatic rings. The molecule has 3 rings (SSSR count). The molecule has 0 N–H and O–H groups in total. The Morgan fingerprint density at radius 1 is 1.23 bits per heavy atom. The van der Waals surface area contributed by atoms with Crippen molar-refractivity contribution < 1.29 is 14.3 Å². The van der Waals surface area contributed by atoms with Crippen LogP contribution in [0.2, 0.25) is 5.02 Å². The van der Waals surface area contributed by atoms with E-state index in [9.17, 15) is 4.79 Å². The SMILES string of the molecule is CC(=O)OCC(C)c1ccc2c(c1)Cc1ccc(Cl)cc1O2. The second-order valence-electron chi connectivity index (χ2n) is 5.60. The molecule has 0 aliphatic carbocycles. The van der Waals surface area contributed by atoms with Crippen LogP contribution in [0.5, 0.6) is 11.5 Å². The van der Waals surface area contributed by atoms with Crippen molar-refractivity contribution >= 4 is 17.6 Å². The number of carbonyl (C=O) groups is 1. The molecular formula is C18H17ClO3. The van der Waals surface area contributed by atoms with Crippen LogP contribution in [0.15, 0.2) is 36.4 Å². The molecule has 0 radical (unpaired) electrons. The number of rotatable bonds is 3. The minimum Gasteiger partial charge on any atom is -0.465 e. The highest BCUT2D eigenvalue weighted by atomic mass is 35.5. The highest BCUT2D eigenvalue weighted by Crippen LogP contribution is 2.38. The Morgan fingerprint density at radius 2 is 2.05 bits per heavy atom. The maximum Gasteiger partial charge on any atom is 0.302 e. The van der Waals surface area contributed by atoms with E-state index in [4.69, 9.17) is 21.1 Å². The Labute approximate surface area is 134 Å². The Balaban J connectivity index is 1.82. The number of fused-ring (bicyclic) bond motifs is 2. The van der Waals surface area contributed by atoms with E-state index in [1.165, 1.54) is 6.92 Å². The first-order valence-corrected chi connectivity index (χ1v) is 7.63. The third kappa shape index (κ3) is 3.09. The molecule has 4 heteroatoms. The van der Waals surface area contributed by atoms with Crippen molar-refractivity contribution in [3.8, 4) is 11.5 Å². The van der Waals surface area contributed by atoms with E-state index >= 15 is 0 Å². The largest absolute Gasteiger partial charge is 0.465 e. The first-order chi connectivity index (χ1) is 10.5. The molecule has 0 bridgehead atoms. The fourth-order valence-corrected chi connectivity index (χ4v) is 2.74. The number of hydrogen-bond acceptors (Lipinski definition) is 3. The van der Waals surface area contributed by atoms with E-state index in [0.717, 1.165) is 34.6 Å². The summed E-state index contributed by atoms with van der Waals surface area (Å²) in [5.41, 5.74) is 3.41. The minimum absolute atomic E-state index is 0.154. The number of carbonyl (C=O) groups excluding carboxylic acids is 1. The number of ether oxygens (including phenoxy) is 2. The topological polar surface area (TPSA) is 35.5 Å². The summed E-state index contributed by atoms with van der Waals surface area (Å²) < 4.78 is 11.0. The smallest absolute Gasteiger partial charge is 0.302 e. The average Bonchev–Trinajstić information content (AvgIpc) is 2.50. The van der Waals surface area contributed by atoms with Crippen molar-refractivity contribution in [1.82, 2.24) is 0 Å². The highest BCUT2D eigenvalue weighted by molar-refractivity contribution is 6.30. The van der Waals surface area contributed by atoms with Gasteiger partial charge in [0.2, 0.25) is 0 Å². The van der Waals surface area contributed by atoms with Gasteiger partial charge in [-0.15, -0.1) is 0 Å². The van der Waals surface area contributed by atoms with Gasteiger partial charge < -0.3 is 9.47 Å². The second-order valence-corrected chi connectivity index (χ2v) is 6.04. The van der Waals surface area contributed by atoms with Crippen LogP contribution >= 0.6 is 11.6 Å². The summed E-state index contributed by atoms with van der Waals surface area (Å²) in [5.74, 6) is 1.58. The van der Waals surface area contributed by atoms with Gasteiger partial charge in [0.25, 0.3) is 0 Å². The average molecular weight is 317 g/mol. The van der Waals surface area contributed by atoms with Crippen LogP contribution in [0.4, 0.5) is 0 Å². The van der Waals surface area contributed by atoms with Gasteiger partial charge in [-0.2, -0.15) is 0 Å². The van der Waals surface area contributed by atoms with Crippen molar-refractivity contribution in [3.05, 3.63) is 58.1 Å². The fraction of sp³-hybridized carbons (Fsp3) is 0.278. The van der Waals surface area contributed by atoms with Gasteiger partial charge in [0.1, 0.15) is 11.5 Å². The lowest BCUT2D eigenvalue weighted by molar-refractivity contribution is -0.141. The Bertz CT molecular complexity index is 724. The van der Waals surface area contributed by atoms with Crippen LogP contribution in [0.25, 0.3) is 0 Å². The summed E-state index contributed by atoms with van der Waals surface area (Å²) in [6.07, 6.45) is 0.815. The van der Waals surface area contributed by atoms with E-state index in [2.05, 4.69) is 6.07 Å². The van der Waals surface area contributed by atoms with Crippen molar-refractivity contribution in [1.29, 1.82) is 0 Å². The predicted molar refractivity (Wildman–Crippen MR) is 85.8 cm³/mol. The quantitative estimate of drug-likeness (QED) is 0.657. The molecule has 0 amide bonds. The van der Waals surface area contributed by atoms with Crippen molar-refractivity contribution in [2.24, 2.45) is 0 Å². The Kier molecular flexibility index (Phi) is 4.08. The summed E-state index contributed by atoms with van der Waals surface area (Å²) in [6, 6.07) is 11.8. The Hall–Kier alpha value is -2.00. The molecule has 2 aromatic carbocycles. The van der Waals surface area contributed by atoms with E-state index in [1.54, 1.807) is 0 Å². The van der Waals surface area contributed by atoms with Crippen molar-refractivity contribution in [3.63, 3.8) is 0 Å². The van der Waals surface area contributed by atoms with Gasteiger partial charge >= 0.3 is 5.97 Å². The van der Waals surface area contributed by atoms with E-state index in [-0.39, 0.29) is 11.9 Å². The standard InChI is InChI=1S/C18H17ClO3/c1-11(10-21-12(2)20)13-4-6-17-15(7-13)8-14-3-5-16(19)9-18(14)22-17/h3-7,9,11H,8,10H2,1-2H3. The number of esters is 1. The van der Waals surface area contributed by atoms with Crippen molar-refractivity contribution in [2.45, 2.75) is 26.2 Å². The summed E-state index contributed by atoms with van der Waals surface area (Å²) in [4.78, 5) is 10.9. The van der Waals surface area contributed by atoms with Crippen LogP contribution < -0.4 is 4.74 Å². The highest BCUT2D eigenvalue weighted by Gasteiger charge is 2.19. The van der Waals surface area contributed by atoms with Gasteiger partial charge in [0.15, 0.2) is 0 Å². The summed E-state index contributed by atoms with van der Waals surface area (Å²) in [5, 5.41) is 0.675. The van der Waals surface area contributed by atoms with E-state index < -0.39 is 0 Å². The first kappa shape index (κ1) is 14.9. The molecule has 1 aliphatic rings. The first-order valence-electron chi connectivity index (χ1n) is 7.25. The maximum atomic E-state index is 10.9. The summed E-state index contributed by atoms with van der Waals surface area (Å²) in [6.45, 7) is 3.86. The molecule has 22 heavy (non-hydrogen) atoms. The summed E-state index contributed by atoms with van der Waals surface area (Å²) >= 11 is 6.01. The molecule has 0 fully saturated rings. The van der Waals surface area contributed by atoms with Crippen molar-refractivity contribution in [2.75, 3.05) is 6.61 Å². The molecule has 1 aliphatic heterocycles. The lowest BCUT2D eigenvalue weighted by Gasteiger charge is -2.22. The summed E-state index contributed by atoms with van der Waals surface area (Å²) in [7, 11) is 0. The fourth-order valence-electron chi connectivity index (χ4n) is 2.58. The number of benzene rings is 2. The third-order valence-corrected chi connectivity index (χ3v) is 4.06. The normalized spacial score (nSPS) is 13.6. The second kappa shape index (κ2) is 6.01. The lowest BCUT2D eigenvalue weighted by atomic mass is 9.94. The molecule has 3 nitrogen and oxygen atoms in total. The van der Waals surface area contributed by atoms with Crippen LogP contribution in [0.1, 0.15) is 36.5 Å².